The van der Waals surface area contributed by atoms with Gasteiger partial charge in [0.1, 0.15) is 5.82 Å². The molecule has 2 nitrogen and oxygen atoms in total. The van der Waals surface area contributed by atoms with E-state index < -0.39 is 0 Å². The van der Waals surface area contributed by atoms with Gasteiger partial charge in [-0.25, -0.2) is 4.98 Å². The summed E-state index contributed by atoms with van der Waals surface area (Å²) in [5, 5.41) is 0. The zero-order chi connectivity index (χ0) is 11.0. The maximum Gasteiger partial charge on any atom is 0.107 e. The normalized spacial score (nSPS) is 18.1. The molecule has 1 saturated carbocycles. The smallest absolute Gasteiger partial charge is 0.107 e. The van der Waals surface area contributed by atoms with E-state index in [-0.39, 0.29) is 0 Å². The van der Waals surface area contributed by atoms with Crippen molar-refractivity contribution < 1.29 is 0 Å². The van der Waals surface area contributed by atoms with Gasteiger partial charge in [0.25, 0.3) is 0 Å². The Hall–Kier alpha value is -1.31. The van der Waals surface area contributed by atoms with E-state index in [1.807, 2.05) is 6.07 Å². The lowest BCUT2D eigenvalue weighted by Crippen LogP contribution is -2.13. The van der Waals surface area contributed by atoms with E-state index in [2.05, 4.69) is 34.7 Å². The molecule has 2 heteroatoms. The van der Waals surface area contributed by atoms with Crippen molar-refractivity contribution in [1.82, 2.24) is 9.55 Å². The first-order valence-electron chi connectivity index (χ1n) is 6.21. The van der Waals surface area contributed by atoms with Gasteiger partial charge in [0.2, 0.25) is 0 Å². The molecule has 0 aliphatic heterocycles. The average molecular weight is 213 g/mol. The van der Waals surface area contributed by atoms with Crippen molar-refractivity contribution in [3.63, 3.8) is 0 Å². The molecule has 0 bridgehead atoms. The summed E-state index contributed by atoms with van der Waals surface area (Å²) < 4.78 is 2.42. The second kappa shape index (κ2) is 3.93. The van der Waals surface area contributed by atoms with Gasteiger partial charge in [-0.2, -0.15) is 0 Å². The molecule has 0 unspecified atom stereocenters. The Morgan fingerprint density at radius 1 is 1.31 bits per heavy atom. The number of hydrogen-bond acceptors (Lipinski definition) is 1. The fraction of sp³-hybridized carbons (Fsp3) is 0.500. The lowest BCUT2D eigenvalue weighted by atomic mass is 9.95. The van der Waals surface area contributed by atoms with Crippen molar-refractivity contribution in [2.75, 3.05) is 0 Å². The summed E-state index contributed by atoms with van der Waals surface area (Å²) in [7, 11) is 0. The molecular weight excluding hydrogens is 196 g/mol. The van der Waals surface area contributed by atoms with Crippen LogP contribution < -0.4 is 0 Å². The van der Waals surface area contributed by atoms with Crippen LogP contribution in [0.5, 0.6) is 0 Å². The molecule has 83 valence electrons. The van der Waals surface area contributed by atoms with Gasteiger partial charge in [0, 0.05) is 12.1 Å². The van der Waals surface area contributed by atoms with Crippen molar-refractivity contribution in [3.8, 4) is 0 Å². The molecular formula is C14H17N2. The topological polar surface area (TPSA) is 17.8 Å². The molecule has 2 aromatic rings. The third-order valence-electron chi connectivity index (χ3n) is 3.63. The predicted molar refractivity (Wildman–Crippen MR) is 65.4 cm³/mol. The van der Waals surface area contributed by atoms with E-state index in [0.29, 0.717) is 6.04 Å². The van der Waals surface area contributed by atoms with Crippen LogP contribution in [0.25, 0.3) is 11.0 Å². The molecule has 0 amide bonds. The summed E-state index contributed by atoms with van der Waals surface area (Å²) >= 11 is 0. The predicted octanol–water partition coefficient (Wildman–Crippen LogP) is 3.65. The Balaban J connectivity index is 2.10. The molecule has 1 aromatic heterocycles. The maximum absolute atomic E-state index is 4.60. The van der Waals surface area contributed by atoms with Crippen molar-refractivity contribution in [2.24, 2.45) is 0 Å². The quantitative estimate of drug-likeness (QED) is 0.707. The van der Waals surface area contributed by atoms with Gasteiger partial charge in [0.05, 0.1) is 11.0 Å². The first kappa shape index (κ1) is 9.88. The number of benzene rings is 1. The van der Waals surface area contributed by atoms with Gasteiger partial charge in [0.15, 0.2) is 0 Å². The molecule has 1 fully saturated rings. The van der Waals surface area contributed by atoms with Crippen molar-refractivity contribution in [2.45, 2.75) is 45.1 Å². The van der Waals surface area contributed by atoms with Gasteiger partial charge >= 0.3 is 0 Å². The number of rotatable bonds is 1. The zero-order valence-electron chi connectivity index (χ0n) is 9.74. The Bertz CT molecular complexity index is 492. The van der Waals surface area contributed by atoms with Crippen LogP contribution in [0.15, 0.2) is 18.2 Å². The minimum atomic E-state index is 0.662. The van der Waals surface area contributed by atoms with Crippen LogP contribution in [0.2, 0.25) is 0 Å². The van der Waals surface area contributed by atoms with Crippen LogP contribution in [0.3, 0.4) is 0 Å². The van der Waals surface area contributed by atoms with Crippen LogP contribution in [-0.2, 0) is 0 Å². The highest BCUT2D eigenvalue weighted by atomic mass is 15.1. The third-order valence-corrected chi connectivity index (χ3v) is 3.63. The minimum Gasteiger partial charge on any atom is -0.325 e. The van der Waals surface area contributed by atoms with E-state index in [9.17, 15) is 0 Å². The number of hydrogen-bond donors (Lipinski definition) is 0. The van der Waals surface area contributed by atoms with E-state index in [0.717, 1.165) is 11.3 Å². The van der Waals surface area contributed by atoms with Crippen LogP contribution in [0, 0.1) is 13.0 Å². The van der Waals surface area contributed by atoms with E-state index in [1.165, 1.54) is 37.6 Å². The zero-order valence-corrected chi connectivity index (χ0v) is 9.74. The molecule has 0 atom stereocenters. The molecule has 0 spiro atoms. The molecule has 0 N–H and O–H groups in total. The summed E-state index contributed by atoms with van der Waals surface area (Å²) in [6, 6.07) is 10.1. The molecule has 0 saturated heterocycles. The molecule has 1 aliphatic rings. The van der Waals surface area contributed by atoms with E-state index in [4.69, 9.17) is 0 Å². The molecule has 1 heterocycles. The Morgan fingerprint density at radius 3 is 2.94 bits per heavy atom. The highest BCUT2D eigenvalue weighted by Crippen LogP contribution is 2.31. The monoisotopic (exact) mass is 213 g/mol. The van der Waals surface area contributed by atoms with Crippen LogP contribution in [0.1, 0.15) is 44.0 Å². The third kappa shape index (κ3) is 1.53. The summed E-state index contributed by atoms with van der Waals surface area (Å²) in [6.07, 6.45) is 6.73. The number of aryl methyl sites for hydroxylation is 1. The second-order valence-corrected chi connectivity index (χ2v) is 4.72. The largest absolute Gasteiger partial charge is 0.325 e. The summed E-state index contributed by atoms with van der Waals surface area (Å²) in [5.74, 6) is 1.14. The summed E-state index contributed by atoms with van der Waals surface area (Å²) in [5.41, 5.74) is 2.28. The van der Waals surface area contributed by atoms with Crippen LogP contribution >= 0.6 is 0 Å². The van der Waals surface area contributed by atoms with Gasteiger partial charge in [-0.05, 0) is 25.8 Å². The fourth-order valence-corrected chi connectivity index (χ4v) is 2.89. The average Bonchev–Trinajstić information content (AvgIpc) is 2.66. The summed E-state index contributed by atoms with van der Waals surface area (Å²) in [6.45, 7) is 2.11. The lowest BCUT2D eigenvalue weighted by molar-refractivity contribution is 0.355. The minimum absolute atomic E-state index is 0.662. The van der Waals surface area contributed by atoms with Crippen molar-refractivity contribution in [3.05, 3.63) is 30.1 Å². The molecule has 16 heavy (non-hydrogen) atoms. The van der Waals surface area contributed by atoms with Crippen molar-refractivity contribution in [1.29, 1.82) is 0 Å². The fourth-order valence-electron chi connectivity index (χ4n) is 2.89. The van der Waals surface area contributed by atoms with Crippen LogP contribution in [0.4, 0.5) is 0 Å². The maximum atomic E-state index is 4.60. The highest BCUT2D eigenvalue weighted by Gasteiger charge is 2.19. The number of nitrogens with zero attached hydrogens (tertiary/aromatic N) is 2. The van der Waals surface area contributed by atoms with Gasteiger partial charge in [-0.15, -0.1) is 0 Å². The molecule has 1 radical (unpaired) electrons. The van der Waals surface area contributed by atoms with Gasteiger partial charge in [-0.3, -0.25) is 0 Å². The van der Waals surface area contributed by atoms with Crippen LogP contribution in [-0.4, -0.2) is 9.55 Å². The lowest BCUT2D eigenvalue weighted by Gasteiger charge is -2.24. The van der Waals surface area contributed by atoms with Crippen molar-refractivity contribution >= 4 is 11.0 Å². The Labute approximate surface area is 96.3 Å². The molecule has 1 aromatic carbocycles. The summed E-state index contributed by atoms with van der Waals surface area (Å²) in [4.78, 5) is 4.60. The second-order valence-electron chi connectivity index (χ2n) is 4.72. The molecule has 1 aliphatic carbocycles. The van der Waals surface area contributed by atoms with E-state index >= 15 is 0 Å². The van der Waals surface area contributed by atoms with Gasteiger partial charge < -0.3 is 4.57 Å². The Kier molecular flexibility index (Phi) is 2.43. The number of fused-ring (bicyclic) bond motifs is 1. The first-order valence-corrected chi connectivity index (χ1v) is 6.21. The number of aromatic nitrogens is 2. The molecule has 3 rings (SSSR count). The van der Waals surface area contributed by atoms with Gasteiger partial charge in [-0.1, -0.05) is 31.4 Å². The first-order chi connectivity index (χ1) is 7.86. The Morgan fingerprint density at radius 2 is 2.12 bits per heavy atom. The standard InChI is InChI=1S/C14H17N2/c1-11-15-13-9-5-6-10-14(13)16(11)12-7-3-2-4-8-12/h5-6,10,12H,2-4,7-8H2,1H3. The SMILES string of the molecule is Cc1nc2[c]cccc2n1C1CCCCC1. The highest BCUT2D eigenvalue weighted by molar-refractivity contribution is 5.75. The number of imidazole rings is 1. The number of para-hydroxylation sites is 1. The van der Waals surface area contributed by atoms with E-state index in [1.54, 1.807) is 0 Å².